The van der Waals surface area contributed by atoms with E-state index in [1.807, 2.05) is 75.4 Å². The molecule has 0 radical (unpaired) electrons. The molecule has 0 aliphatic heterocycles. The molecular formula is C32H47N3O4. The summed E-state index contributed by atoms with van der Waals surface area (Å²) in [7, 11) is 0. The van der Waals surface area contributed by atoms with Gasteiger partial charge in [-0.3, -0.25) is 9.59 Å². The smallest absolute Gasteiger partial charge is 0.408 e. The van der Waals surface area contributed by atoms with Gasteiger partial charge in [0.2, 0.25) is 11.8 Å². The third-order valence-electron chi connectivity index (χ3n) is 6.34. The number of hydrogen-bond donors (Lipinski definition) is 2. The van der Waals surface area contributed by atoms with Crippen molar-refractivity contribution in [2.75, 3.05) is 6.54 Å². The predicted octanol–water partition coefficient (Wildman–Crippen LogP) is 6.11. The van der Waals surface area contributed by atoms with Gasteiger partial charge in [-0.05, 0) is 58.6 Å². The van der Waals surface area contributed by atoms with E-state index in [1.165, 1.54) is 0 Å². The van der Waals surface area contributed by atoms with Crippen molar-refractivity contribution in [2.45, 2.75) is 104 Å². The average Bonchev–Trinajstić information content (AvgIpc) is 2.85. The van der Waals surface area contributed by atoms with Crippen LogP contribution in [0.25, 0.3) is 0 Å². The van der Waals surface area contributed by atoms with E-state index in [-0.39, 0.29) is 24.3 Å². The highest BCUT2D eigenvalue weighted by atomic mass is 16.6. The van der Waals surface area contributed by atoms with Crippen molar-refractivity contribution in [3.05, 3.63) is 71.3 Å². The van der Waals surface area contributed by atoms with E-state index >= 15 is 0 Å². The zero-order valence-corrected chi connectivity index (χ0v) is 24.8. The third-order valence-corrected chi connectivity index (χ3v) is 6.34. The van der Waals surface area contributed by atoms with Crippen LogP contribution in [-0.2, 0) is 20.7 Å². The maximum absolute atomic E-state index is 14.3. The number of nitrogens with zero attached hydrogens (tertiary/aromatic N) is 1. The molecule has 0 fully saturated rings. The summed E-state index contributed by atoms with van der Waals surface area (Å²) >= 11 is 0. The number of hydrogen-bond acceptors (Lipinski definition) is 4. The largest absolute Gasteiger partial charge is 0.444 e. The van der Waals surface area contributed by atoms with Gasteiger partial charge in [-0.2, -0.15) is 0 Å². The Bertz CT molecular complexity index is 1060. The highest BCUT2D eigenvalue weighted by Gasteiger charge is 2.36. The summed E-state index contributed by atoms with van der Waals surface area (Å²) in [5.41, 5.74) is 1.93. The quantitative estimate of drug-likeness (QED) is 0.323. The fourth-order valence-electron chi connectivity index (χ4n) is 4.53. The van der Waals surface area contributed by atoms with Gasteiger partial charge in [0.05, 0.1) is 0 Å². The van der Waals surface area contributed by atoms with Gasteiger partial charge in [0.25, 0.3) is 0 Å². The number of benzene rings is 2. The molecule has 3 atom stereocenters. The van der Waals surface area contributed by atoms with Crippen LogP contribution < -0.4 is 10.6 Å². The van der Waals surface area contributed by atoms with Crippen molar-refractivity contribution >= 4 is 17.9 Å². The van der Waals surface area contributed by atoms with Gasteiger partial charge < -0.3 is 20.3 Å². The summed E-state index contributed by atoms with van der Waals surface area (Å²) in [5.74, 6) is -0.537. The van der Waals surface area contributed by atoms with E-state index in [1.54, 1.807) is 25.7 Å². The molecule has 214 valence electrons. The Kier molecular flexibility index (Phi) is 12.5. The van der Waals surface area contributed by atoms with Crippen LogP contribution in [-0.4, -0.2) is 47.0 Å². The molecule has 0 aliphatic carbocycles. The Morgan fingerprint density at radius 3 is 2.23 bits per heavy atom. The Morgan fingerprint density at radius 2 is 1.64 bits per heavy atom. The van der Waals surface area contributed by atoms with E-state index in [2.05, 4.69) is 17.6 Å². The summed E-state index contributed by atoms with van der Waals surface area (Å²) in [5, 5.41) is 5.94. The number of nitrogens with one attached hydrogen (secondary N) is 2. The second kappa shape index (κ2) is 15.3. The molecular weight excluding hydrogens is 490 g/mol. The lowest BCUT2D eigenvalue weighted by atomic mass is 9.98. The average molecular weight is 538 g/mol. The van der Waals surface area contributed by atoms with E-state index in [0.717, 1.165) is 42.4 Å². The Hall–Kier alpha value is -3.35. The van der Waals surface area contributed by atoms with Crippen LogP contribution in [0.2, 0.25) is 0 Å². The van der Waals surface area contributed by atoms with E-state index < -0.39 is 23.8 Å². The van der Waals surface area contributed by atoms with Crippen LogP contribution in [0.1, 0.15) is 90.0 Å². The summed E-state index contributed by atoms with van der Waals surface area (Å²) in [4.78, 5) is 42.7. The molecule has 0 heterocycles. The highest BCUT2D eigenvalue weighted by Crippen LogP contribution is 2.25. The zero-order chi connectivity index (χ0) is 29.0. The van der Waals surface area contributed by atoms with Gasteiger partial charge in [-0.15, -0.1) is 0 Å². The van der Waals surface area contributed by atoms with Gasteiger partial charge in [-0.25, -0.2) is 4.79 Å². The van der Waals surface area contributed by atoms with E-state index in [9.17, 15) is 14.4 Å². The molecule has 2 N–H and O–H groups in total. The minimum atomic E-state index is -0.910. The normalized spacial score (nSPS) is 13.6. The molecule has 2 rings (SSSR count). The van der Waals surface area contributed by atoms with Gasteiger partial charge in [0.15, 0.2) is 0 Å². The molecule has 0 aromatic heterocycles. The second-order valence-electron chi connectivity index (χ2n) is 11.3. The van der Waals surface area contributed by atoms with Gasteiger partial charge in [0, 0.05) is 19.0 Å². The Morgan fingerprint density at radius 1 is 0.949 bits per heavy atom. The Balaban J connectivity index is 2.53. The van der Waals surface area contributed by atoms with E-state index in [0.29, 0.717) is 6.54 Å². The maximum Gasteiger partial charge on any atom is 0.408 e. The minimum absolute atomic E-state index is 0.0297. The predicted molar refractivity (Wildman–Crippen MR) is 156 cm³/mol. The molecule has 39 heavy (non-hydrogen) atoms. The van der Waals surface area contributed by atoms with Crippen LogP contribution in [0.4, 0.5) is 4.79 Å². The van der Waals surface area contributed by atoms with Crippen molar-refractivity contribution in [1.29, 1.82) is 0 Å². The summed E-state index contributed by atoms with van der Waals surface area (Å²) in [6.45, 7) is 13.8. The molecule has 0 spiro atoms. The maximum atomic E-state index is 14.3. The molecule has 3 unspecified atom stereocenters. The lowest BCUT2D eigenvalue weighted by molar-refractivity contribution is -0.142. The highest BCUT2D eigenvalue weighted by molar-refractivity contribution is 5.92. The molecule has 2 aromatic carbocycles. The molecule has 0 bridgehead atoms. The minimum Gasteiger partial charge on any atom is -0.444 e. The summed E-state index contributed by atoms with van der Waals surface area (Å²) in [6.07, 6.45) is 2.95. The van der Waals surface area contributed by atoms with Crippen LogP contribution in [0, 0.1) is 6.92 Å². The lowest BCUT2D eigenvalue weighted by Gasteiger charge is -2.35. The monoisotopic (exact) mass is 537 g/mol. The van der Waals surface area contributed by atoms with Crippen LogP contribution >= 0.6 is 0 Å². The van der Waals surface area contributed by atoms with Crippen LogP contribution in [0.15, 0.2) is 54.6 Å². The van der Waals surface area contributed by atoms with Crippen molar-refractivity contribution in [3.63, 3.8) is 0 Å². The lowest BCUT2D eigenvalue weighted by Crippen LogP contribution is -2.54. The fraction of sp³-hybridized carbons (Fsp3) is 0.531. The zero-order valence-electron chi connectivity index (χ0n) is 24.8. The number of alkyl carbamates (subject to hydrolysis) is 1. The number of unbranched alkanes of at least 4 members (excludes halogenated alkanes) is 1. The molecule has 3 amide bonds. The first kappa shape index (κ1) is 31.9. The van der Waals surface area contributed by atoms with Crippen molar-refractivity contribution in [2.24, 2.45) is 0 Å². The van der Waals surface area contributed by atoms with Gasteiger partial charge >= 0.3 is 6.09 Å². The third kappa shape index (κ3) is 10.7. The molecule has 0 saturated carbocycles. The number of ether oxygens (including phenoxy) is 1. The molecule has 0 aliphatic rings. The fourth-order valence-corrected chi connectivity index (χ4v) is 4.53. The number of amides is 3. The number of rotatable bonds is 13. The summed E-state index contributed by atoms with van der Waals surface area (Å²) < 4.78 is 5.50. The SMILES string of the molecule is CCCCN(C(=O)C(Cc1ccccc1)NC(=O)OC(C)(C)C)C(C(=O)NC(C)CCC)c1cccc(C)c1. The molecule has 0 saturated heterocycles. The molecule has 7 heteroatoms. The summed E-state index contributed by atoms with van der Waals surface area (Å²) in [6, 6.07) is 15.5. The van der Waals surface area contributed by atoms with Gasteiger partial charge in [-0.1, -0.05) is 86.8 Å². The van der Waals surface area contributed by atoms with Crippen molar-refractivity contribution < 1.29 is 19.1 Å². The van der Waals surface area contributed by atoms with E-state index in [4.69, 9.17) is 4.74 Å². The topological polar surface area (TPSA) is 87.7 Å². The standard InChI is InChI=1S/C32H47N3O4/c1-8-10-20-35(28(26-19-14-16-23(3)21-26)29(36)33-24(4)15-9-2)30(37)27(22-25-17-12-11-13-18-25)34-31(38)39-32(5,6)7/h11-14,16-19,21,24,27-28H,8-10,15,20,22H2,1-7H3,(H,33,36)(H,34,38). The van der Waals surface area contributed by atoms with Crippen LogP contribution in [0.5, 0.6) is 0 Å². The van der Waals surface area contributed by atoms with Gasteiger partial charge in [0.1, 0.15) is 17.7 Å². The number of aryl methyl sites for hydroxylation is 1. The van der Waals surface area contributed by atoms with Crippen molar-refractivity contribution in [1.82, 2.24) is 15.5 Å². The number of carbonyl (C=O) groups is 3. The van der Waals surface area contributed by atoms with Crippen molar-refractivity contribution in [3.8, 4) is 0 Å². The second-order valence-corrected chi connectivity index (χ2v) is 11.3. The first-order valence-corrected chi connectivity index (χ1v) is 14.2. The first-order valence-electron chi connectivity index (χ1n) is 14.2. The number of carbonyl (C=O) groups excluding carboxylic acids is 3. The molecule has 7 nitrogen and oxygen atoms in total. The molecule has 2 aromatic rings. The van der Waals surface area contributed by atoms with Crippen LogP contribution in [0.3, 0.4) is 0 Å². The first-order chi connectivity index (χ1) is 18.4. The Labute approximate surface area is 234 Å².